The van der Waals surface area contributed by atoms with E-state index >= 15 is 0 Å². The molecule has 3 heterocycles. The van der Waals surface area contributed by atoms with Crippen LogP contribution in [0.5, 0.6) is 0 Å². The van der Waals surface area contributed by atoms with Gasteiger partial charge in [0.05, 0.1) is 16.7 Å². The summed E-state index contributed by atoms with van der Waals surface area (Å²) in [6.45, 7) is 1.64. The zero-order valence-electron chi connectivity index (χ0n) is 12.9. The maximum Gasteiger partial charge on any atom is 0.417 e. The molecule has 3 aromatic rings. The van der Waals surface area contributed by atoms with Crippen molar-refractivity contribution in [3.05, 3.63) is 51.3 Å². The van der Waals surface area contributed by atoms with Gasteiger partial charge < -0.3 is 5.84 Å². The molecular formula is C13H9ClF3N7OS. The van der Waals surface area contributed by atoms with Gasteiger partial charge in [-0.3, -0.25) is 4.79 Å². The van der Waals surface area contributed by atoms with E-state index in [-0.39, 0.29) is 20.9 Å². The molecule has 0 radical (unpaired) electrons. The number of nitrogen functional groups attached to an aromatic ring is 1. The summed E-state index contributed by atoms with van der Waals surface area (Å²) >= 11 is 7.03. The van der Waals surface area contributed by atoms with Crippen LogP contribution in [0.2, 0.25) is 5.02 Å². The summed E-state index contributed by atoms with van der Waals surface area (Å²) in [5.74, 6) is 6.09. The van der Waals surface area contributed by atoms with Crippen molar-refractivity contribution in [1.82, 2.24) is 29.6 Å². The largest absolute Gasteiger partial charge is 0.417 e. The molecule has 26 heavy (non-hydrogen) atoms. The summed E-state index contributed by atoms with van der Waals surface area (Å²) in [4.78, 5) is 16.3. The number of pyridine rings is 1. The van der Waals surface area contributed by atoms with Gasteiger partial charge in [0.1, 0.15) is 10.8 Å². The van der Waals surface area contributed by atoms with Crippen molar-refractivity contribution in [1.29, 1.82) is 0 Å². The third kappa shape index (κ3) is 3.37. The molecule has 13 heteroatoms. The molecule has 0 fully saturated rings. The minimum atomic E-state index is -4.53. The number of nitrogens with two attached hydrogens (primary N) is 1. The highest BCUT2D eigenvalue weighted by atomic mass is 35.5. The van der Waals surface area contributed by atoms with Crippen LogP contribution in [0, 0.1) is 6.92 Å². The van der Waals surface area contributed by atoms with E-state index in [0.29, 0.717) is 12.0 Å². The molecule has 0 spiro atoms. The first-order valence-corrected chi connectivity index (χ1v) is 8.04. The van der Waals surface area contributed by atoms with Crippen LogP contribution >= 0.6 is 23.4 Å². The molecule has 0 atom stereocenters. The monoisotopic (exact) mass is 403 g/mol. The Labute approximate surface area is 152 Å². The smallest absolute Gasteiger partial charge is 0.336 e. The lowest BCUT2D eigenvalue weighted by Gasteiger charge is -2.09. The molecule has 0 aliphatic heterocycles. The first kappa shape index (κ1) is 18.2. The highest BCUT2D eigenvalue weighted by Crippen LogP contribution is 2.30. The van der Waals surface area contributed by atoms with E-state index in [4.69, 9.17) is 17.4 Å². The molecule has 0 aliphatic rings. The molecule has 0 aromatic carbocycles. The van der Waals surface area contributed by atoms with Crippen LogP contribution in [-0.4, -0.2) is 29.6 Å². The van der Waals surface area contributed by atoms with Gasteiger partial charge in [0.2, 0.25) is 5.16 Å². The van der Waals surface area contributed by atoms with Gasteiger partial charge >= 0.3 is 6.18 Å². The molecule has 0 unspecified atom stereocenters. The number of nitrogens with zero attached hydrogens (tertiary/aromatic N) is 6. The molecule has 0 saturated carbocycles. The van der Waals surface area contributed by atoms with Crippen molar-refractivity contribution in [3.8, 4) is 5.82 Å². The Morgan fingerprint density at radius 1 is 1.23 bits per heavy atom. The fraction of sp³-hybridized carbons (Fsp3) is 0.154. The standard InChI is InChI=1S/C13H9ClF3N7OS/c1-6-21-22-12(23(6)18)26-8-5-20-24(11(25)10(8)14)9-3-2-7(4-19-9)13(15,16)17/h2-5H,18H2,1H3. The number of hydrogen-bond acceptors (Lipinski definition) is 7. The topological polar surface area (TPSA) is 105 Å². The quantitative estimate of drug-likeness (QED) is 0.667. The average molecular weight is 404 g/mol. The van der Waals surface area contributed by atoms with Crippen molar-refractivity contribution < 1.29 is 13.2 Å². The Morgan fingerprint density at radius 3 is 2.50 bits per heavy atom. The van der Waals surface area contributed by atoms with Gasteiger partial charge in [-0.05, 0) is 30.8 Å². The van der Waals surface area contributed by atoms with E-state index < -0.39 is 17.3 Å². The van der Waals surface area contributed by atoms with Gasteiger partial charge in [0.15, 0.2) is 5.82 Å². The van der Waals surface area contributed by atoms with Crippen molar-refractivity contribution in [2.75, 3.05) is 5.84 Å². The molecule has 136 valence electrons. The second kappa shape index (κ2) is 6.61. The van der Waals surface area contributed by atoms with Crippen molar-refractivity contribution in [3.63, 3.8) is 0 Å². The second-order valence-electron chi connectivity index (χ2n) is 4.94. The van der Waals surface area contributed by atoms with E-state index in [0.717, 1.165) is 28.6 Å². The average Bonchev–Trinajstić information content (AvgIpc) is 2.90. The zero-order valence-corrected chi connectivity index (χ0v) is 14.5. The van der Waals surface area contributed by atoms with Crippen molar-refractivity contribution in [2.45, 2.75) is 23.2 Å². The van der Waals surface area contributed by atoms with Gasteiger partial charge in [0.25, 0.3) is 5.56 Å². The highest BCUT2D eigenvalue weighted by Gasteiger charge is 2.30. The number of halogens is 4. The lowest BCUT2D eigenvalue weighted by atomic mass is 10.3. The number of alkyl halides is 3. The third-order valence-corrected chi connectivity index (χ3v) is 4.68. The molecule has 0 aliphatic carbocycles. The molecule has 3 aromatic heterocycles. The molecular weight excluding hydrogens is 395 g/mol. The van der Waals surface area contributed by atoms with Gasteiger partial charge in [-0.1, -0.05) is 11.6 Å². The minimum absolute atomic E-state index is 0.0979. The molecule has 3 rings (SSSR count). The summed E-state index contributed by atoms with van der Waals surface area (Å²) in [6, 6.07) is 1.83. The van der Waals surface area contributed by atoms with Crippen LogP contribution in [-0.2, 0) is 6.18 Å². The summed E-state index contributed by atoms with van der Waals surface area (Å²) in [7, 11) is 0. The lowest BCUT2D eigenvalue weighted by molar-refractivity contribution is -0.137. The second-order valence-corrected chi connectivity index (χ2v) is 6.33. The van der Waals surface area contributed by atoms with E-state index in [2.05, 4.69) is 20.3 Å². The Kier molecular flexibility index (Phi) is 4.63. The fourth-order valence-electron chi connectivity index (χ4n) is 1.85. The maximum absolute atomic E-state index is 12.6. The summed E-state index contributed by atoms with van der Waals surface area (Å²) < 4.78 is 39.8. The molecule has 0 bridgehead atoms. The first-order valence-electron chi connectivity index (χ1n) is 6.85. The Balaban J connectivity index is 1.95. The summed E-state index contributed by atoms with van der Waals surface area (Å²) in [5, 5.41) is 11.6. The SMILES string of the molecule is Cc1nnc(Sc2cnn(-c3ccc(C(F)(F)F)cn3)c(=O)c2Cl)n1N. The van der Waals surface area contributed by atoms with Crippen molar-refractivity contribution in [2.24, 2.45) is 0 Å². The van der Waals surface area contributed by atoms with Crippen LogP contribution in [0.4, 0.5) is 13.2 Å². The summed E-state index contributed by atoms with van der Waals surface area (Å²) in [5.41, 5.74) is -1.69. The number of rotatable bonds is 3. The van der Waals surface area contributed by atoms with Crippen molar-refractivity contribution >= 4 is 23.4 Å². The minimum Gasteiger partial charge on any atom is -0.336 e. The van der Waals surface area contributed by atoms with Crippen LogP contribution in [0.1, 0.15) is 11.4 Å². The van der Waals surface area contributed by atoms with E-state index in [1.165, 1.54) is 10.9 Å². The van der Waals surface area contributed by atoms with E-state index in [9.17, 15) is 18.0 Å². The summed E-state index contributed by atoms with van der Waals surface area (Å²) in [6.07, 6.45) is -2.66. The van der Waals surface area contributed by atoms with Gasteiger partial charge in [-0.25, -0.2) is 9.66 Å². The highest BCUT2D eigenvalue weighted by molar-refractivity contribution is 7.99. The van der Waals surface area contributed by atoms with Crippen LogP contribution in [0.3, 0.4) is 0 Å². The number of aryl methyl sites for hydroxylation is 1. The third-order valence-electron chi connectivity index (χ3n) is 3.22. The van der Waals surface area contributed by atoms with Gasteiger partial charge in [-0.2, -0.15) is 23.0 Å². The van der Waals surface area contributed by atoms with Crippen LogP contribution in [0.15, 0.2) is 39.4 Å². The van der Waals surface area contributed by atoms with Gasteiger partial charge in [0, 0.05) is 6.20 Å². The Bertz CT molecular complexity index is 1020. The normalized spacial score (nSPS) is 11.7. The van der Waals surface area contributed by atoms with Crippen LogP contribution in [0.25, 0.3) is 5.82 Å². The van der Waals surface area contributed by atoms with E-state index in [1.54, 1.807) is 6.92 Å². The lowest BCUT2D eigenvalue weighted by Crippen LogP contribution is -2.23. The molecule has 2 N–H and O–H groups in total. The predicted octanol–water partition coefficient (Wildman–Crippen LogP) is 2.06. The van der Waals surface area contributed by atoms with E-state index in [1.807, 2.05) is 0 Å². The number of hydrogen-bond donors (Lipinski definition) is 1. The maximum atomic E-state index is 12.6. The van der Waals surface area contributed by atoms with Crippen LogP contribution < -0.4 is 11.4 Å². The molecule has 8 nitrogen and oxygen atoms in total. The Morgan fingerprint density at radius 2 is 1.96 bits per heavy atom. The molecule has 0 saturated heterocycles. The number of aromatic nitrogens is 6. The molecule has 0 amide bonds. The van der Waals surface area contributed by atoms with Gasteiger partial charge in [-0.15, -0.1) is 10.2 Å². The fourth-order valence-corrected chi connectivity index (χ4v) is 2.88. The zero-order chi connectivity index (χ0) is 19.1. The Hall–Kier alpha value is -2.60. The first-order chi connectivity index (χ1) is 12.2. The predicted molar refractivity (Wildman–Crippen MR) is 86.7 cm³/mol.